The third-order valence-corrected chi connectivity index (χ3v) is 7.19. The molecule has 0 saturated heterocycles. The topological polar surface area (TPSA) is 9.23 Å². The van der Waals surface area contributed by atoms with Gasteiger partial charge in [0, 0.05) is 7.11 Å². The van der Waals surface area contributed by atoms with E-state index < -0.39 is 5.12 Å². The van der Waals surface area contributed by atoms with Gasteiger partial charge in [0.25, 0.3) is 0 Å². The van der Waals surface area contributed by atoms with Crippen LogP contribution in [0.4, 0.5) is 0 Å². The summed E-state index contributed by atoms with van der Waals surface area (Å²) >= 11 is 8.34. The molecule has 0 aliphatic carbocycles. The van der Waals surface area contributed by atoms with Gasteiger partial charge in [0.1, 0.15) is 0 Å². The van der Waals surface area contributed by atoms with Crippen LogP contribution in [0, 0.1) is 0 Å². The van der Waals surface area contributed by atoms with Crippen LogP contribution < -0.4 is 5.19 Å². The van der Waals surface area contributed by atoms with Crippen molar-refractivity contribution < 1.29 is 4.43 Å². The van der Waals surface area contributed by atoms with Crippen LogP contribution in [-0.2, 0) is 4.43 Å². The van der Waals surface area contributed by atoms with E-state index in [0.717, 1.165) is 5.19 Å². The SMILES string of the molecule is CO[Si](Cl)(I)c1ccccc1. The maximum atomic E-state index is 6.15. The zero-order chi connectivity index (χ0) is 8.32. The first-order valence-corrected chi connectivity index (χ1v) is 9.19. The standard InChI is InChI=1S/C7H8ClIOSi/c1-10-11(8,9)7-5-3-2-4-6-7/h2-6H,1H3. The second-order valence-corrected chi connectivity index (χ2v) is 12.2. The molecule has 0 N–H and O–H groups in total. The molecule has 0 radical (unpaired) electrons. The molecular formula is C7H8ClIOSi. The summed E-state index contributed by atoms with van der Waals surface area (Å²) in [5.74, 6) is 0. The fraction of sp³-hybridized carbons (Fsp3) is 0.143. The van der Waals surface area contributed by atoms with Crippen molar-refractivity contribution in [3.05, 3.63) is 30.3 Å². The number of hydrogen-bond acceptors (Lipinski definition) is 1. The predicted octanol–water partition coefficient (Wildman–Crippen LogP) is 2.15. The molecule has 1 nitrogen and oxygen atoms in total. The van der Waals surface area contributed by atoms with Gasteiger partial charge in [0.2, 0.25) is 0 Å². The number of benzene rings is 1. The summed E-state index contributed by atoms with van der Waals surface area (Å²) in [6.07, 6.45) is 0. The minimum absolute atomic E-state index is 1.10. The molecule has 0 spiro atoms. The Balaban J connectivity index is 2.93. The zero-order valence-electron chi connectivity index (χ0n) is 6.05. The smallest absolute Gasteiger partial charge is 0.389 e. The molecule has 4 heteroatoms. The van der Waals surface area contributed by atoms with Gasteiger partial charge in [-0.3, -0.25) is 0 Å². The maximum absolute atomic E-state index is 6.15. The molecule has 1 unspecified atom stereocenters. The minimum atomic E-state index is -2.11. The van der Waals surface area contributed by atoms with Gasteiger partial charge in [-0.2, -0.15) is 0 Å². The Hall–Kier alpha value is 0.417. The summed E-state index contributed by atoms with van der Waals surface area (Å²) in [6, 6.07) is 9.90. The molecule has 1 rings (SSSR count). The van der Waals surface area contributed by atoms with Crippen molar-refractivity contribution in [3.63, 3.8) is 0 Å². The van der Waals surface area contributed by atoms with Gasteiger partial charge in [0.05, 0.1) is 0 Å². The van der Waals surface area contributed by atoms with Crippen LogP contribution in [0.5, 0.6) is 0 Å². The lowest BCUT2D eigenvalue weighted by atomic mass is 10.4. The lowest BCUT2D eigenvalue weighted by Gasteiger charge is -2.14. The quantitative estimate of drug-likeness (QED) is 0.462. The summed E-state index contributed by atoms with van der Waals surface area (Å²) in [5, 5.41) is -1.01. The zero-order valence-corrected chi connectivity index (χ0v) is 9.96. The molecule has 1 aromatic rings. The first kappa shape index (κ1) is 9.50. The largest absolute Gasteiger partial charge is 0.396 e. The minimum Gasteiger partial charge on any atom is -0.396 e. The van der Waals surface area contributed by atoms with Crippen molar-refractivity contribution in [2.75, 3.05) is 7.11 Å². The van der Waals surface area contributed by atoms with E-state index in [0.29, 0.717) is 0 Å². The lowest BCUT2D eigenvalue weighted by molar-refractivity contribution is 0.441. The Morgan fingerprint density at radius 3 is 2.36 bits per heavy atom. The molecular weight excluding hydrogens is 291 g/mol. The van der Waals surface area contributed by atoms with E-state index in [2.05, 4.69) is 21.8 Å². The van der Waals surface area contributed by atoms with Gasteiger partial charge in [-0.15, -0.1) is 11.1 Å². The summed E-state index contributed by atoms with van der Waals surface area (Å²) in [5.41, 5.74) is 0. The van der Waals surface area contributed by atoms with Gasteiger partial charge < -0.3 is 4.43 Å². The van der Waals surface area contributed by atoms with Crippen molar-refractivity contribution in [2.45, 2.75) is 0 Å². The first-order valence-electron chi connectivity index (χ1n) is 3.15. The Kier molecular flexibility index (Phi) is 3.36. The van der Waals surface area contributed by atoms with Gasteiger partial charge in [-0.25, -0.2) is 0 Å². The van der Waals surface area contributed by atoms with Gasteiger partial charge >= 0.3 is 5.12 Å². The molecule has 0 saturated carbocycles. The average molecular weight is 299 g/mol. The highest BCUT2D eigenvalue weighted by Gasteiger charge is 2.30. The molecule has 60 valence electrons. The highest BCUT2D eigenvalue weighted by atomic mass is 127. The Morgan fingerprint density at radius 1 is 1.36 bits per heavy atom. The van der Waals surface area contributed by atoms with E-state index in [1.807, 2.05) is 30.3 Å². The molecule has 0 aromatic heterocycles. The van der Waals surface area contributed by atoms with Crippen LogP contribution in [-0.4, -0.2) is 12.2 Å². The summed E-state index contributed by atoms with van der Waals surface area (Å²) in [7, 11) is 1.65. The summed E-state index contributed by atoms with van der Waals surface area (Å²) in [4.78, 5) is 0. The second-order valence-electron chi connectivity index (χ2n) is 2.09. The molecule has 11 heavy (non-hydrogen) atoms. The molecule has 0 heterocycles. The van der Waals surface area contributed by atoms with E-state index in [-0.39, 0.29) is 0 Å². The van der Waals surface area contributed by atoms with Crippen LogP contribution in [0.1, 0.15) is 0 Å². The van der Waals surface area contributed by atoms with Crippen molar-refractivity contribution >= 4 is 43.2 Å². The predicted molar refractivity (Wildman–Crippen MR) is 58.7 cm³/mol. The third-order valence-electron chi connectivity index (χ3n) is 1.37. The molecule has 0 bridgehead atoms. The highest BCUT2D eigenvalue weighted by Crippen LogP contribution is 2.17. The van der Waals surface area contributed by atoms with Crippen molar-refractivity contribution in [3.8, 4) is 0 Å². The highest BCUT2D eigenvalue weighted by molar-refractivity contribution is 14.1. The Labute approximate surface area is 84.8 Å². The number of halogens is 2. The molecule has 0 fully saturated rings. The van der Waals surface area contributed by atoms with Crippen LogP contribution >= 0.6 is 32.9 Å². The van der Waals surface area contributed by atoms with E-state index >= 15 is 0 Å². The third kappa shape index (κ3) is 2.43. The van der Waals surface area contributed by atoms with E-state index in [9.17, 15) is 0 Å². The van der Waals surface area contributed by atoms with Crippen LogP contribution in [0.25, 0.3) is 0 Å². The Bertz CT molecular complexity index is 227. The fourth-order valence-corrected chi connectivity index (χ4v) is 3.02. The van der Waals surface area contributed by atoms with E-state index in [1.54, 1.807) is 7.11 Å². The Morgan fingerprint density at radius 2 is 1.91 bits per heavy atom. The van der Waals surface area contributed by atoms with Gasteiger partial charge in [0.15, 0.2) is 0 Å². The van der Waals surface area contributed by atoms with Crippen molar-refractivity contribution in [2.24, 2.45) is 0 Å². The number of rotatable bonds is 2. The monoisotopic (exact) mass is 298 g/mol. The average Bonchev–Trinajstić information content (AvgIpc) is 2.06. The fourth-order valence-electron chi connectivity index (χ4n) is 0.750. The van der Waals surface area contributed by atoms with E-state index in [1.165, 1.54) is 0 Å². The van der Waals surface area contributed by atoms with E-state index in [4.69, 9.17) is 15.5 Å². The van der Waals surface area contributed by atoms with Crippen LogP contribution in [0.3, 0.4) is 0 Å². The summed E-state index contributed by atoms with van der Waals surface area (Å²) in [6.45, 7) is 0. The van der Waals surface area contributed by atoms with Crippen LogP contribution in [0.15, 0.2) is 30.3 Å². The van der Waals surface area contributed by atoms with Gasteiger partial charge in [-0.05, 0) is 5.19 Å². The van der Waals surface area contributed by atoms with Crippen molar-refractivity contribution in [1.82, 2.24) is 0 Å². The first-order chi connectivity index (χ1) is 5.17. The second kappa shape index (κ2) is 3.89. The molecule has 0 aliphatic heterocycles. The lowest BCUT2D eigenvalue weighted by Crippen LogP contribution is -2.37. The number of hydrogen-bond donors (Lipinski definition) is 0. The normalized spacial score (nSPS) is 15.9. The molecule has 1 atom stereocenters. The molecule has 1 aromatic carbocycles. The van der Waals surface area contributed by atoms with Gasteiger partial charge in [-0.1, -0.05) is 52.1 Å². The van der Waals surface area contributed by atoms with Crippen molar-refractivity contribution in [1.29, 1.82) is 0 Å². The maximum Gasteiger partial charge on any atom is 0.389 e. The molecule has 0 amide bonds. The van der Waals surface area contributed by atoms with Crippen LogP contribution in [0.2, 0.25) is 0 Å². The molecule has 0 aliphatic rings. The summed E-state index contributed by atoms with van der Waals surface area (Å²) < 4.78 is 5.21.